The summed E-state index contributed by atoms with van der Waals surface area (Å²) in [7, 11) is 0. The summed E-state index contributed by atoms with van der Waals surface area (Å²) in [5.74, 6) is 1.46. The zero-order chi connectivity index (χ0) is 10.8. The molecule has 0 spiro atoms. The van der Waals surface area contributed by atoms with Crippen LogP contribution in [0.25, 0.3) is 0 Å². The third-order valence-corrected chi connectivity index (χ3v) is 2.33. The van der Waals surface area contributed by atoms with Crippen LogP contribution in [0.2, 0.25) is 0 Å². The molecule has 3 heterocycles. The maximum Gasteiger partial charge on any atom is 0.150 e. The number of pyridine rings is 1. The smallest absolute Gasteiger partial charge is 0.150 e. The Bertz CT molecular complexity index is 535. The van der Waals surface area contributed by atoms with Gasteiger partial charge in [-0.05, 0) is 11.6 Å². The lowest BCUT2D eigenvalue weighted by Gasteiger charge is -2.05. The Morgan fingerprint density at radius 1 is 1.06 bits per heavy atom. The van der Waals surface area contributed by atoms with E-state index in [2.05, 4.69) is 25.3 Å². The summed E-state index contributed by atoms with van der Waals surface area (Å²) in [6.45, 7) is 0. The minimum Gasteiger partial charge on any atom is -0.324 e. The Morgan fingerprint density at radius 2 is 2.06 bits per heavy atom. The first-order valence-corrected chi connectivity index (χ1v) is 4.96. The average molecular weight is 211 g/mol. The van der Waals surface area contributed by atoms with Crippen molar-refractivity contribution in [3.05, 3.63) is 36.4 Å². The van der Waals surface area contributed by atoms with Gasteiger partial charge in [-0.2, -0.15) is 0 Å². The van der Waals surface area contributed by atoms with E-state index in [0.717, 1.165) is 17.9 Å². The van der Waals surface area contributed by atoms with Gasteiger partial charge in [-0.3, -0.25) is 9.98 Å². The summed E-state index contributed by atoms with van der Waals surface area (Å²) in [4.78, 5) is 16.6. The summed E-state index contributed by atoms with van der Waals surface area (Å²) >= 11 is 0. The lowest BCUT2D eigenvalue weighted by molar-refractivity contribution is 1.18. The van der Waals surface area contributed by atoms with Gasteiger partial charge in [0, 0.05) is 25.0 Å². The van der Waals surface area contributed by atoms with Crippen molar-refractivity contribution < 1.29 is 0 Å². The predicted molar refractivity (Wildman–Crippen MR) is 61.4 cm³/mol. The molecule has 1 aliphatic heterocycles. The van der Waals surface area contributed by atoms with Gasteiger partial charge in [-0.1, -0.05) is 0 Å². The minimum absolute atomic E-state index is 0.689. The Labute approximate surface area is 92.3 Å². The summed E-state index contributed by atoms with van der Waals surface area (Å²) in [5.41, 5.74) is 2.13. The van der Waals surface area contributed by atoms with Gasteiger partial charge in [-0.15, -0.1) is 0 Å². The highest BCUT2D eigenvalue weighted by atomic mass is 15.1. The normalized spacial score (nSPS) is 12.5. The van der Waals surface area contributed by atoms with Gasteiger partial charge in [0.2, 0.25) is 0 Å². The number of nitrogens with one attached hydrogen (secondary N) is 1. The molecular weight excluding hydrogens is 202 g/mol. The molecule has 0 aromatic carbocycles. The van der Waals surface area contributed by atoms with Crippen molar-refractivity contribution in [1.29, 1.82) is 0 Å². The van der Waals surface area contributed by atoms with E-state index in [0.29, 0.717) is 5.82 Å². The van der Waals surface area contributed by atoms with Gasteiger partial charge in [-0.25, -0.2) is 9.97 Å². The zero-order valence-corrected chi connectivity index (χ0v) is 8.46. The standard InChI is InChI=1S/C11H9N5/c1-2-13-9-6-15-10(5-8(1)9)16-11-7-12-3-4-14-11/h2-7H,1H2,(H,14,15,16). The molecule has 0 unspecified atom stereocenters. The third-order valence-electron chi connectivity index (χ3n) is 2.33. The highest BCUT2D eigenvalue weighted by Gasteiger charge is 2.08. The van der Waals surface area contributed by atoms with E-state index < -0.39 is 0 Å². The van der Waals surface area contributed by atoms with Crippen LogP contribution in [0.15, 0.2) is 35.8 Å². The molecule has 0 fully saturated rings. The number of fused-ring (bicyclic) bond motifs is 1. The van der Waals surface area contributed by atoms with E-state index in [1.807, 2.05) is 12.3 Å². The highest BCUT2D eigenvalue weighted by molar-refractivity contribution is 5.76. The van der Waals surface area contributed by atoms with Gasteiger partial charge in [0.1, 0.15) is 11.6 Å². The van der Waals surface area contributed by atoms with Crippen LogP contribution in [0.5, 0.6) is 0 Å². The number of hydrogen-bond acceptors (Lipinski definition) is 5. The van der Waals surface area contributed by atoms with Crippen LogP contribution in [-0.2, 0) is 6.42 Å². The SMILES string of the molecule is C1=Nc2cnc(Nc3cnccn3)cc2C1. The number of anilines is 2. The second kappa shape index (κ2) is 3.69. The summed E-state index contributed by atoms with van der Waals surface area (Å²) in [6.07, 6.45) is 9.45. The van der Waals surface area contributed by atoms with Crippen LogP contribution < -0.4 is 5.32 Å². The molecule has 78 valence electrons. The van der Waals surface area contributed by atoms with Crippen molar-refractivity contribution in [2.24, 2.45) is 4.99 Å². The largest absolute Gasteiger partial charge is 0.324 e. The topological polar surface area (TPSA) is 63.1 Å². The fourth-order valence-corrected chi connectivity index (χ4v) is 1.58. The molecule has 16 heavy (non-hydrogen) atoms. The summed E-state index contributed by atoms with van der Waals surface area (Å²) < 4.78 is 0. The molecule has 3 rings (SSSR count). The average Bonchev–Trinajstić information content (AvgIpc) is 2.77. The van der Waals surface area contributed by atoms with Crippen molar-refractivity contribution in [3.8, 4) is 0 Å². The second-order valence-corrected chi connectivity index (χ2v) is 3.43. The molecule has 5 heteroatoms. The van der Waals surface area contributed by atoms with E-state index in [1.54, 1.807) is 24.8 Å². The fourth-order valence-electron chi connectivity index (χ4n) is 1.58. The predicted octanol–water partition coefficient (Wildman–Crippen LogP) is 1.87. The number of hydrogen-bond donors (Lipinski definition) is 1. The first kappa shape index (κ1) is 8.96. The lowest BCUT2D eigenvalue weighted by Crippen LogP contribution is -1.96. The van der Waals surface area contributed by atoms with Crippen LogP contribution in [0.4, 0.5) is 17.3 Å². The molecule has 2 aromatic rings. The molecule has 0 amide bonds. The van der Waals surface area contributed by atoms with Gasteiger partial charge in [0.15, 0.2) is 0 Å². The van der Waals surface area contributed by atoms with Gasteiger partial charge < -0.3 is 5.32 Å². The Morgan fingerprint density at radius 3 is 2.94 bits per heavy atom. The van der Waals surface area contributed by atoms with Crippen molar-refractivity contribution in [1.82, 2.24) is 15.0 Å². The van der Waals surface area contributed by atoms with E-state index in [9.17, 15) is 0 Å². The molecule has 0 bridgehead atoms. The summed E-state index contributed by atoms with van der Waals surface area (Å²) in [6, 6.07) is 1.98. The van der Waals surface area contributed by atoms with E-state index in [1.165, 1.54) is 5.56 Å². The van der Waals surface area contributed by atoms with Crippen molar-refractivity contribution in [2.75, 3.05) is 5.32 Å². The molecule has 2 aromatic heterocycles. The van der Waals surface area contributed by atoms with Crippen LogP contribution in [0.1, 0.15) is 5.56 Å². The quantitative estimate of drug-likeness (QED) is 0.823. The Balaban J connectivity index is 1.87. The maximum absolute atomic E-state index is 4.25. The Hall–Kier alpha value is -2.30. The first-order chi connectivity index (χ1) is 7.92. The molecule has 0 aliphatic carbocycles. The fraction of sp³-hybridized carbons (Fsp3) is 0.0909. The van der Waals surface area contributed by atoms with Crippen LogP contribution >= 0.6 is 0 Å². The van der Waals surface area contributed by atoms with Crippen LogP contribution in [-0.4, -0.2) is 21.2 Å². The van der Waals surface area contributed by atoms with E-state index in [4.69, 9.17) is 0 Å². The number of aromatic nitrogens is 3. The molecule has 0 radical (unpaired) electrons. The number of rotatable bonds is 2. The monoisotopic (exact) mass is 211 g/mol. The molecule has 0 saturated heterocycles. The van der Waals surface area contributed by atoms with Crippen molar-refractivity contribution >= 4 is 23.5 Å². The zero-order valence-electron chi connectivity index (χ0n) is 8.46. The first-order valence-electron chi connectivity index (χ1n) is 4.96. The van der Waals surface area contributed by atoms with E-state index in [-0.39, 0.29) is 0 Å². The minimum atomic E-state index is 0.689. The van der Waals surface area contributed by atoms with Gasteiger partial charge in [0.25, 0.3) is 0 Å². The van der Waals surface area contributed by atoms with Crippen LogP contribution in [0, 0.1) is 0 Å². The Kier molecular flexibility index (Phi) is 2.07. The van der Waals surface area contributed by atoms with Crippen LogP contribution in [0.3, 0.4) is 0 Å². The van der Waals surface area contributed by atoms with Gasteiger partial charge in [0.05, 0.1) is 18.1 Å². The second-order valence-electron chi connectivity index (χ2n) is 3.43. The van der Waals surface area contributed by atoms with Gasteiger partial charge >= 0.3 is 0 Å². The molecule has 0 atom stereocenters. The summed E-state index contributed by atoms with van der Waals surface area (Å²) in [5, 5.41) is 3.09. The van der Waals surface area contributed by atoms with Crippen molar-refractivity contribution in [2.45, 2.75) is 6.42 Å². The number of nitrogens with zero attached hydrogens (tertiary/aromatic N) is 4. The highest BCUT2D eigenvalue weighted by Crippen LogP contribution is 2.25. The lowest BCUT2D eigenvalue weighted by atomic mass is 10.2. The molecular formula is C11H9N5. The van der Waals surface area contributed by atoms with E-state index >= 15 is 0 Å². The number of aliphatic imine (C=N–C) groups is 1. The third kappa shape index (κ3) is 1.63. The van der Waals surface area contributed by atoms with Crippen molar-refractivity contribution in [3.63, 3.8) is 0 Å². The molecule has 0 saturated carbocycles. The molecule has 1 N–H and O–H groups in total. The molecule has 5 nitrogen and oxygen atoms in total. The molecule has 1 aliphatic rings. The maximum atomic E-state index is 4.25.